The van der Waals surface area contributed by atoms with Crippen LogP contribution in [0.2, 0.25) is 0 Å². The molecule has 1 fully saturated rings. The number of aromatic nitrogens is 2. The Morgan fingerprint density at radius 3 is 2.79 bits per heavy atom. The number of hydrogen-bond donors (Lipinski definition) is 1. The molecule has 1 aliphatic heterocycles. The van der Waals surface area contributed by atoms with E-state index in [4.69, 9.17) is 5.11 Å². The van der Waals surface area contributed by atoms with E-state index >= 15 is 0 Å². The smallest absolute Gasteiger partial charge is 0.147 e. The molecule has 0 amide bonds. The first-order valence-corrected chi connectivity index (χ1v) is 5.21. The average Bonchev–Trinajstić information content (AvgIpc) is 2.76. The molecule has 2 heterocycles. The highest BCUT2D eigenvalue weighted by atomic mass is 16.3. The van der Waals surface area contributed by atoms with E-state index < -0.39 is 0 Å². The minimum Gasteiger partial charge on any atom is -0.395 e. The molecule has 2 rings (SSSR count). The van der Waals surface area contributed by atoms with Gasteiger partial charge >= 0.3 is 0 Å². The summed E-state index contributed by atoms with van der Waals surface area (Å²) in [5.41, 5.74) is 0. The van der Waals surface area contributed by atoms with Gasteiger partial charge in [-0.2, -0.15) is 0 Å². The van der Waals surface area contributed by atoms with Crippen LogP contribution in [0.3, 0.4) is 0 Å². The molecular weight excluding hydrogens is 178 g/mol. The molecule has 4 heteroatoms. The summed E-state index contributed by atoms with van der Waals surface area (Å²) in [5.74, 6) is 2.05. The molecule has 14 heavy (non-hydrogen) atoms. The Balaban J connectivity index is 2.14. The molecule has 78 valence electrons. The van der Waals surface area contributed by atoms with Crippen molar-refractivity contribution in [3.05, 3.63) is 12.0 Å². The molecular formula is C10H17N3O. The van der Waals surface area contributed by atoms with E-state index in [9.17, 15) is 0 Å². The summed E-state index contributed by atoms with van der Waals surface area (Å²) in [4.78, 5) is 6.80. The minimum absolute atomic E-state index is 0.177. The van der Waals surface area contributed by atoms with Crippen molar-refractivity contribution in [3.8, 4) is 0 Å². The number of aryl methyl sites for hydroxylation is 1. The first-order valence-electron chi connectivity index (χ1n) is 5.21. The number of aliphatic hydroxyl groups is 1. The van der Waals surface area contributed by atoms with Crippen molar-refractivity contribution in [2.24, 2.45) is 0 Å². The van der Waals surface area contributed by atoms with Gasteiger partial charge < -0.3 is 14.6 Å². The summed E-state index contributed by atoms with van der Waals surface area (Å²) in [5, 5.41) is 8.86. The lowest BCUT2D eigenvalue weighted by molar-refractivity contribution is 0.275. The number of hydrogen-bond acceptors (Lipinski definition) is 3. The maximum absolute atomic E-state index is 8.86. The van der Waals surface area contributed by atoms with Crippen LogP contribution >= 0.6 is 0 Å². The predicted molar refractivity (Wildman–Crippen MR) is 55.5 cm³/mol. The Morgan fingerprint density at radius 1 is 1.43 bits per heavy atom. The molecule has 1 saturated heterocycles. The van der Waals surface area contributed by atoms with E-state index in [1.807, 2.05) is 17.7 Å². The summed E-state index contributed by atoms with van der Waals surface area (Å²) in [6.07, 6.45) is 4.58. The zero-order chi connectivity index (χ0) is 9.97. The minimum atomic E-state index is 0.177. The average molecular weight is 195 g/mol. The maximum Gasteiger partial charge on any atom is 0.147 e. The van der Waals surface area contributed by atoms with Crippen molar-refractivity contribution >= 4 is 5.82 Å². The molecule has 0 spiro atoms. The summed E-state index contributed by atoms with van der Waals surface area (Å²) in [6.45, 7) is 5.05. The highest BCUT2D eigenvalue weighted by Crippen LogP contribution is 2.18. The van der Waals surface area contributed by atoms with Gasteiger partial charge in [-0.05, 0) is 19.8 Å². The van der Waals surface area contributed by atoms with Crippen LogP contribution in [0.25, 0.3) is 0 Å². The predicted octanol–water partition coefficient (Wildman–Crippen LogP) is 0.784. The van der Waals surface area contributed by atoms with Crippen LogP contribution in [0.1, 0.15) is 18.7 Å². The van der Waals surface area contributed by atoms with Gasteiger partial charge in [-0.1, -0.05) is 0 Å². The van der Waals surface area contributed by atoms with Crippen molar-refractivity contribution in [3.63, 3.8) is 0 Å². The Kier molecular flexibility index (Phi) is 2.72. The standard InChI is InChI=1S/C10H17N3O/c1-9-11-10(8-13(9)6-7-14)12-4-2-3-5-12/h8,14H,2-7H2,1H3. The molecule has 1 aliphatic rings. The fourth-order valence-corrected chi connectivity index (χ4v) is 1.92. The van der Waals surface area contributed by atoms with Crippen LogP contribution in [0, 0.1) is 6.92 Å². The molecule has 4 nitrogen and oxygen atoms in total. The lowest BCUT2D eigenvalue weighted by Crippen LogP contribution is -2.17. The number of aliphatic hydroxyl groups excluding tert-OH is 1. The zero-order valence-corrected chi connectivity index (χ0v) is 8.61. The molecule has 0 unspecified atom stereocenters. The first-order chi connectivity index (χ1) is 6.81. The molecule has 1 aromatic rings. The summed E-state index contributed by atoms with van der Waals surface area (Å²) in [7, 11) is 0. The van der Waals surface area contributed by atoms with Crippen LogP contribution in [0.4, 0.5) is 5.82 Å². The van der Waals surface area contributed by atoms with Crippen molar-refractivity contribution in [1.82, 2.24) is 9.55 Å². The van der Waals surface area contributed by atoms with Gasteiger partial charge in [0.2, 0.25) is 0 Å². The lowest BCUT2D eigenvalue weighted by atomic mass is 10.4. The van der Waals surface area contributed by atoms with Gasteiger partial charge in [0.15, 0.2) is 0 Å². The number of nitrogens with zero attached hydrogens (tertiary/aromatic N) is 3. The van der Waals surface area contributed by atoms with Crippen LogP contribution < -0.4 is 4.90 Å². The van der Waals surface area contributed by atoms with Crippen molar-refractivity contribution in [2.45, 2.75) is 26.3 Å². The normalized spacial score (nSPS) is 16.6. The topological polar surface area (TPSA) is 41.3 Å². The molecule has 0 atom stereocenters. The van der Waals surface area contributed by atoms with Gasteiger partial charge in [0, 0.05) is 25.8 Å². The second kappa shape index (κ2) is 4.00. The van der Waals surface area contributed by atoms with E-state index in [0.29, 0.717) is 6.54 Å². The van der Waals surface area contributed by atoms with E-state index in [1.165, 1.54) is 12.8 Å². The quantitative estimate of drug-likeness (QED) is 0.775. The molecule has 0 bridgehead atoms. The third kappa shape index (κ3) is 1.75. The lowest BCUT2D eigenvalue weighted by Gasteiger charge is -2.12. The Labute approximate surface area is 84.2 Å². The van der Waals surface area contributed by atoms with Crippen molar-refractivity contribution in [1.29, 1.82) is 0 Å². The van der Waals surface area contributed by atoms with Crippen molar-refractivity contribution in [2.75, 3.05) is 24.6 Å². The Hall–Kier alpha value is -1.03. The van der Waals surface area contributed by atoms with Crippen LogP contribution in [-0.2, 0) is 6.54 Å². The third-order valence-corrected chi connectivity index (χ3v) is 2.73. The number of anilines is 1. The van der Waals surface area contributed by atoms with Crippen molar-refractivity contribution < 1.29 is 5.11 Å². The number of imidazole rings is 1. The summed E-state index contributed by atoms with van der Waals surface area (Å²) >= 11 is 0. The first kappa shape index (κ1) is 9.52. The summed E-state index contributed by atoms with van der Waals surface area (Å²) < 4.78 is 2.01. The largest absolute Gasteiger partial charge is 0.395 e. The third-order valence-electron chi connectivity index (χ3n) is 2.73. The van der Waals surface area contributed by atoms with Crippen LogP contribution in [0.15, 0.2) is 6.20 Å². The van der Waals surface area contributed by atoms with E-state index in [1.54, 1.807) is 0 Å². The van der Waals surface area contributed by atoms with Gasteiger partial charge in [0.05, 0.1) is 6.61 Å². The highest BCUT2D eigenvalue weighted by Gasteiger charge is 2.15. The highest BCUT2D eigenvalue weighted by molar-refractivity contribution is 5.38. The Bertz CT molecular complexity index is 302. The van der Waals surface area contributed by atoms with Crippen LogP contribution in [0.5, 0.6) is 0 Å². The Morgan fingerprint density at radius 2 is 2.14 bits per heavy atom. The van der Waals surface area contributed by atoms with Gasteiger partial charge in [-0.3, -0.25) is 0 Å². The zero-order valence-electron chi connectivity index (χ0n) is 8.61. The van der Waals surface area contributed by atoms with E-state index in [0.717, 1.165) is 24.7 Å². The fourth-order valence-electron chi connectivity index (χ4n) is 1.92. The van der Waals surface area contributed by atoms with E-state index in [-0.39, 0.29) is 6.61 Å². The van der Waals surface area contributed by atoms with Gasteiger partial charge in [-0.25, -0.2) is 4.98 Å². The SMILES string of the molecule is Cc1nc(N2CCCC2)cn1CCO. The van der Waals surface area contributed by atoms with Crippen LogP contribution in [-0.4, -0.2) is 34.4 Å². The molecule has 0 saturated carbocycles. The molecule has 1 N–H and O–H groups in total. The molecule has 0 radical (unpaired) electrons. The van der Waals surface area contributed by atoms with Gasteiger partial charge in [0.1, 0.15) is 11.6 Å². The second-order valence-electron chi connectivity index (χ2n) is 3.76. The molecule has 0 aromatic carbocycles. The van der Waals surface area contributed by atoms with E-state index in [2.05, 4.69) is 9.88 Å². The number of rotatable bonds is 3. The molecule has 1 aromatic heterocycles. The summed E-state index contributed by atoms with van der Waals surface area (Å²) in [6, 6.07) is 0. The van der Waals surface area contributed by atoms with Gasteiger partial charge in [-0.15, -0.1) is 0 Å². The molecule has 0 aliphatic carbocycles. The van der Waals surface area contributed by atoms with Gasteiger partial charge in [0.25, 0.3) is 0 Å². The monoisotopic (exact) mass is 195 g/mol. The second-order valence-corrected chi connectivity index (χ2v) is 3.76. The fraction of sp³-hybridized carbons (Fsp3) is 0.700. The maximum atomic E-state index is 8.86.